The molecule has 104 valence electrons. The third kappa shape index (κ3) is 4.22. The topological polar surface area (TPSA) is 84.0 Å². The number of aryl methyl sites for hydroxylation is 1. The van der Waals surface area contributed by atoms with E-state index in [4.69, 9.17) is 12.2 Å². The molecule has 1 aromatic rings. The van der Waals surface area contributed by atoms with Crippen LogP contribution in [-0.2, 0) is 16.3 Å². The second kappa shape index (κ2) is 5.93. The van der Waals surface area contributed by atoms with E-state index >= 15 is 0 Å². The van der Waals surface area contributed by atoms with E-state index in [2.05, 4.69) is 27.8 Å². The Kier molecular flexibility index (Phi) is 4.48. The number of nitrogens with one attached hydrogen (secondary N) is 2. The molecule has 6 nitrogen and oxygen atoms in total. The summed E-state index contributed by atoms with van der Waals surface area (Å²) >= 11 is 6.56. The molecule has 1 aliphatic rings. The lowest BCUT2D eigenvalue weighted by molar-refractivity contribution is 0.603. The second-order valence-electron chi connectivity index (χ2n) is 4.11. The van der Waals surface area contributed by atoms with Crippen molar-refractivity contribution in [3.63, 3.8) is 0 Å². The number of sulfone groups is 1. The van der Waals surface area contributed by atoms with Gasteiger partial charge in [-0.15, -0.1) is 10.2 Å². The van der Waals surface area contributed by atoms with Crippen molar-refractivity contribution in [3.8, 4) is 0 Å². The monoisotopic (exact) mass is 318 g/mol. The largest absolute Gasteiger partial charge is 0.355 e. The van der Waals surface area contributed by atoms with Gasteiger partial charge >= 0.3 is 0 Å². The third-order valence-electron chi connectivity index (χ3n) is 2.40. The van der Waals surface area contributed by atoms with Crippen LogP contribution in [0.15, 0.2) is 11.5 Å². The lowest BCUT2D eigenvalue weighted by atomic mass is 10.3. The fourth-order valence-corrected chi connectivity index (χ4v) is 3.98. The molecule has 1 atom stereocenters. The maximum atomic E-state index is 11.2. The molecule has 9 heteroatoms. The molecule has 0 saturated heterocycles. The van der Waals surface area contributed by atoms with E-state index < -0.39 is 9.84 Å². The summed E-state index contributed by atoms with van der Waals surface area (Å²) in [6.07, 6.45) is 3.50. The van der Waals surface area contributed by atoms with Crippen molar-refractivity contribution in [1.82, 2.24) is 15.5 Å². The van der Waals surface area contributed by atoms with Gasteiger partial charge in [-0.1, -0.05) is 18.3 Å². The minimum absolute atomic E-state index is 0.0338. The number of aromatic nitrogens is 2. The number of rotatable bonds is 4. The summed E-state index contributed by atoms with van der Waals surface area (Å²) < 4.78 is 22.5. The molecule has 2 rings (SSSR count). The van der Waals surface area contributed by atoms with Gasteiger partial charge in [-0.3, -0.25) is 0 Å². The first-order valence-corrected chi connectivity index (χ1v) is 8.73. The normalized spacial score (nSPS) is 20.4. The van der Waals surface area contributed by atoms with Crippen LogP contribution in [0.5, 0.6) is 0 Å². The molecule has 1 aromatic heterocycles. The quantitative estimate of drug-likeness (QED) is 0.804. The summed E-state index contributed by atoms with van der Waals surface area (Å²) in [5.41, 5.74) is 0. The summed E-state index contributed by atoms with van der Waals surface area (Å²) in [5, 5.41) is 17.0. The fourth-order valence-electron chi connectivity index (χ4n) is 1.59. The molecule has 0 fully saturated rings. The molecule has 2 heterocycles. The molecule has 0 aromatic carbocycles. The highest BCUT2D eigenvalue weighted by Crippen LogP contribution is 2.16. The van der Waals surface area contributed by atoms with Gasteiger partial charge in [-0.25, -0.2) is 8.42 Å². The van der Waals surface area contributed by atoms with Crippen LogP contribution in [0.25, 0.3) is 0 Å². The van der Waals surface area contributed by atoms with Crippen LogP contribution >= 0.6 is 23.6 Å². The first-order valence-electron chi connectivity index (χ1n) is 5.79. The molecule has 0 aliphatic carbocycles. The summed E-state index contributed by atoms with van der Waals surface area (Å²) in [5.74, 6) is 0.0338. The van der Waals surface area contributed by atoms with Gasteiger partial charge in [0.2, 0.25) is 5.13 Å². The first-order chi connectivity index (χ1) is 8.98. The Labute approximate surface area is 121 Å². The van der Waals surface area contributed by atoms with Gasteiger partial charge in [-0.2, -0.15) is 0 Å². The van der Waals surface area contributed by atoms with E-state index in [0.717, 1.165) is 17.8 Å². The maximum Gasteiger partial charge on any atom is 0.211 e. The molecule has 2 N–H and O–H groups in total. The highest BCUT2D eigenvalue weighted by atomic mass is 32.2. The zero-order valence-corrected chi connectivity index (χ0v) is 12.7. The maximum absolute atomic E-state index is 11.2. The number of hydrogen-bond donors (Lipinski definition) is 2. The predicted octanol–water partition coefficient (Wildman–Crippen LogP) is 1.09. The van der Waals surface area contributed by atoms with Crippen molar-refractivity contribution in [3.05, 3.63) is 16.5 Å². The van der Waals surface area contributed by atoms with Crippen LogP contribution in [0, 0.1) is 0 Å². The van der Waals surface area contributed by atoms with Gasteiger partial charge in [0.05, 0.1) is 11.8 Å². The van der Waals surface area contributed by atoms with Crippen molar-refractivity contribution < 1.29 is 8.42 Å². The molecule has 0 bridgehead atoms. The Morgan fingerprint density at radius 2 is 2.37 bits per heavy atom. The molecule has 1 aliphatic heterocycles. The van der Waals surface area contributed by atoms with E-state index in [1.807, 2.05) is 0 Å². The average molecular weight is 318 g/mol. The van der Waals surface area contributed by atoms with Crippen molar-refractivity contribution in [2.24, 2.45) is 0 Å². The molecule has 19 heavy (non-hydrogen) atoms. The number of nitrogens with zero attached hydrogens (tertiary/aromatic N) is 2. The molecule has 0 unspecified atom stereocenters. The van der Waals surface area contributed by atoms with Crippen LogP contribution in [0.2, 0.25) is 0 Å². The van der Waals surface area contributed by atoms with Crippen molar-refractivity contribution in [2.45, 2.75) is 25.8 Å². The van der Waals surface area contributed by atoms with E-state index in [1.54, 1.807) is 6.08 Å². The lowest BCUT2D eigenvalue weighted by Crippen LogP contribution is -2.38. The predicted molar refractivity (Wildman–Crippen MR) is 80.0 cm³/mol. The Morgan fingerprint density at radius 1 is 1.58 bits per heavy atom. The number of anilines is 1. The number of thiocarbonyl (C=S) groups is 1. The Balaban J connectivity index is 1.86. The summed E-state index contributed by atoms with van der Waals surface area (Å²) in [6.45, 7) is 2.08. The average Bonchev–Trinajstić information content (AvgIpc) is 2.86. The Morgan fingerprint density at radius 3 is 3.00 bits per heavy atom. The molecular formula is C10H14N4O2S3. The van der Waals surface area contributed by atoms with Gasteiger partial charge in [-0.05, 0) is 24.7 Å². The van der Waals surface area contributed by atoms with Gasteiger partial charge in [0.1, 0.15) is 5.01 Å². The minimum Gasteiger partial charge on any atom is -0.355 e. The highest BCUT2D eigenvalue weighted by Gasteiger charge is 2.22. The summed E-state index contributed by atoms with van der Waals surface area (Å²) in [6, 6.07) is -0.284. The molecule has 0 radical (unpaired) electrons. The highest BCUT2D eigenvalue weighted by molar-refractivity contribution is 7.94. The van der Waals surface area contributed by atoms with Crippen LogP contribution < -0.4 is 10.6 Å². The third-order valence-corrected chi connectivity index (χ3v) is 4.91. The van der Waals surface area contributed by atoms with Crippen LogP contribution in [-0.4, -0.2) is 35.5 Å². The van der Waals surface area contributed by atoms with E-state index in [9.17, 15) is 8.42 Å². The first kappa shape index (κ1) is 14.4. The SMILES string of the molecule is CCCc1nnc(NC(=S)N[C@H]2C=CS(=O)(=O)C2)s1. The van der Waals surface area contributed by atoms with Gasteiger partial charge < -0.3 is 10.6 Å². The Bertz CT molecular complexity index is 594. The standard InChI is InChI=1S/C10H14N4O2S3/c1-2-3-8-13-14-10(18-8)12-9(17)11-7-4-5-19(15,16)6-7/h4-5,7H,2-3,6H2,1H3,(H2,11,12,14,17)/t7-/m0/s1. The van der Waals surface area contributed by atoms with E-state index in [-0.39, 0.29) is 11.8 Å². The van der Waals surface area contributed by atoms with Crippen LogP contribution in [0.3, 0.4) is 0 Å². The number of hydrogen-bond acceptors (Lipinski definition) is 6. The zero-order chi connectivity index (χ0) is 13.9. The minimum atomic E-state index is -3.07. The molecule has 0 saturated carbocycles. The lowest BCUT2D eigenvalue weighted by Gasteiger charge is -2.12. The Hall–Kier alpha value is -1.06. The molecule has 0 amide bonds. The van der Waals surface area contributed by atoms with Crippen molar-refractivity contribution in [1.29, 1.82) is 0 Å². The van der Waals surface area contributed by atoms with Gasteiger partial charge in [0.25, 0.3) is 0 Å². The van der Waals surface area contributed by atoms with Crippen molar-refractivity contribution >= 4 is 43.6 Å². The molecule has 0 spiro atoms. The van der Waals surface area contributed by atoms with Crippen molar-refractivity contribution in [2.75, 3.05) is 11.1 Å². The summed E-state index contributed by atoms with van der Waals surface area (Å²) in [7, 11) is -3.07. The van der Waals surface area contributed by atoms with Crippen LogP contribution in [0.1, 0.15) is 18.4 Å². The fraction of sp³-hybridized carbons (Fsp3) is 0.500. The summed E-state index contributed by atoms with van der Waals surface area (Å²) in [4.78, 5) is 0. The van der Waals surface area contributed by atoms with Crippen LogP contribution in [0.4, 0.5) is 5.13 Å². The van der Waals surface area contributed by atoms with E-state index in [0.29, 0.717) is 10.2 Å². The smallest absolute Gasteiger partial charge is 0.211 e. The van der Waals surface area contributed by atoms with Gasteiger partial charge in [0, 0.05) is 11.8 Å². The second-order valence-corrected chi connectivity index (χ2v) is 7.52. The van der Waals surface area contributed by atoms with Gasteiger partial charge in [0.15, 0.2) is 14.9 Å². The zero-order valence-electron chi connectivity index (χ0n) is 10.3. The van der Waals surface area contributed by atoms with E-state index in [1.165, 1.54) is 16.7 Å². The molecular weight excluding hydrogens is 304 g/mol.